The summed E-state index contributed by atoms with van der Waals surface area (Å²) in [4.78, 5) is 13.2. The summed E-state index contributed by atoms with van der Waals surface area (Å²) in [7, 11) is 0. The second-order valence-electron chi connectivity index (χ2n) is 11.2. The van der Waals surface area contributed by atoms with Crippen LogP contribution in [0.25, 0.3) is 0 Å². The molecular formula is C27H38O4. The molecule has 1 saturated heterocycles. The topological polar surface area (TPSA) is 70.1 Å². The number of hydrogen-bond donors (Lipinski definition) is 2. The standard InChI is InChI=1S/C27H38O4/c1-15-19(13-20(28)14-23(15)29)9-6-17-5-4-12-27(3)21(10-11-22(17)27)16(2)24(30)26-25(31-26)18-7-8-18/h6,9,16,18,20-23,25-26,28-29H,1,4-5,7-8,10-14H2,2-3H3/t16-,20+,21+,22?,23-,25?,26-,27+/m0/s1. The predicted molar refractivity (Wildman–Crippen MR) is 120 cm³/mol. The van der Waals surface area contributed by atoms with E-state index < -0.39 is 12.2 Å². The first-order chi connectivity index (χ1) is 14.8. The summed E-state index contributed by atoms with van der Waals surface area (Å²) in [6.07, 6.45) is 12.4. The van der Waals surface area contributed by atoms with Crippen LogP contribution in [0.4, 0.5) is 0 Å². The zero-order chi connectivity index (χ0) is 21.9. The number of carbonyl (C=O) groups is 1. The van der Waals surface area contributed by atoms with Gasteiger partial charge in [-0.15, -0.1) is 0 Å². The van der Waals surface area contributed by atoms with Crippen molar-refractivity contribution in [1.29, 1.82) is 0 Å². The van der Waals surface area contributed by atoms with Gasteiger partial charge < -0.3 is 14.9 Å². The fourth-order valence-corrected chi connectivity index (χ4v) is 7.16. The van der Waals surface area contributed by atoms with Gasteiger partial charge in [0.25, 0.3) is 0 Å². The van der Waals surface area contributed by atoms with Crippen molar-refractivity contribution in [2.24, 2.45) is 29.1 Å². The molecule has 0 aromatic heterocycles. The van der Waals surface area contributed by atoms with Gasteiger partial charge in [0.15, 0.2) is 5.78 Å². The molecule has 0 aromatic rings. The Morgan fingerprint density at radius 1 is 1.23 bits per heavy atom. The van der Waals surface area contributed by atoms with Crippen LogP contribution in [0, 0.1) is 29.1 Å². The van der Waals surface area contributed by atoms with E-state index in [0.29, 0.717) is 36.4 Å². The molecule has 2 N–H and O–H groups in total. The lowest BCUT2D eigenvalue weighted by molar-refractivity contribution is -0.126. The van der Waals surface area contributed by atoms with Crippen LogP contribution in [-0.4, -0.2) is 40.4 Å². The average Bonchev–Trinajstić information content (AvgIpc) is 3.63. The van der Waals surface area contributed by atoms with Crippen molar-refractivity contribution < 1.29 is 19.7 Å². The molecule has 0 spiro atoms. The van der Waals surface area contributed by atoms with Crippen LogP contribution in [0.5, 0.6) is 0 Å². The van der Waals surface area contributed by atoms with E-state index in [4.69, 9.17) is 4.74 Å². The van der Waals surface area contributed by atoms with E-state index in [2.05, 4.69) is 32.6 Å². The molecule has 170 valence electrons. The van der Waals surface area contributed by atoms with Crippen molar-refractivity contribution in [2.45, 2.75) is 96.1 Å². The average molecular weight is 427 g/mol. The van der Waals surface area contributed by atoms with E-state index >= 15 is 0 Å². The van der Waals surface area contributed by atoms with Crippen molar-refractivity contribution >= 4 is 5.78 Å². The summed E-state index contributed by atoms with van der Waals surface area (Å²) >= 11 is 0. The zero-order valence-electron chi connectivity index (χ0n) is 19.1. The number of epoxide rings is 1. The maximum Gasteiger partial charge on any atom is 0.167 e. The zero-order valence-corrected chi connectivity index (χ0v) is 19.1. The number of allylic oxidation sites excluding steroid dienone is 3. The lowest BCUT2D eigenvalue weighted by Crippen LogP contribution is -2.39. The Hall–Kier alpha value is -1.23. The summed E-state index contributed by atoms with van der Waals surface area (Å²) in [5.74, 6) is 2.02. The highest BCUT2D eigenvalue weighted by molar-refractivity contribution is 5.88. The van der Waals surface area contributed by atoms with Gasteiger partial charge in [-0.1, -0.05) is 38.2 Å². The number of Topliss-reactive ketones (excluding diaryl/α,β-unsaturated/α-hetero) is 1. The van der Waals surface area contributed by atoms with Gasteiger partial charge in [-0.3, -0.25) is 4.79 Å². The lowest BCUT2D eigenvalue weighted by Gasteiger charge is -2.44. The van der Waals surface area contributed by atoms with Gasteiger partial charge in [-0.05, 0) is 85.7 Å². The highest BCUT2D eigenvalue weighted by Gasteiger charge is 2.57. The van der Waals surface area contributed by atoms with Crippen molar-refractivity contribution in [3.63, 3.8) is 0 Å². The van der Waals surface area contributed by atoms with E-state index in [1.54, 1.807) is 0 Å². The maximum absolute atomic E-state index is 13.2. The normalized spacial score (nSPS) is 46.3. The van der Waals surface area contributed by atoms with Gasteiger partial charge in [0.2, 0.25) is 0 Å². The molecule has 8 atom stereocenters. The Morgan fingerprint density at radius 3 is 2.74 bits per heavy atom. The number of hydrogen-bond acceptors (Lipinski definition) is 4. The summed E-state index contributed by atoms with van der Waals surface area (Å²) in [6, 6.07) is 0. The molecule has 1 heterocycles. The number of fused-ring (bicyclic) bond motifs is 1. The molecular weight excluding hydrogens is 388 g/mol. The maximum atomic E-state index is 13.2. The minimum atomic E-state index is -0.642. The van der Waals surface area contributed by atoms with E-state index in [0.717, 1.165) is 36.8 Å². The number of aliphatic hydroxyl groups is 2. The molecule has 4 nitrogen and oxygen atoms in total. The molecule has 5 rings (SSSR count). The first kappa shape index (κ1) is 21.6. The quantitative estimate of drug-likeness (QED) is 0.635. The first-order valence-electron chi connectivity index (χ1n) is 12.4. The minimum Gasteiger partial charge on any atom is -0.393 e. The highest BCUT2D eigenvalue weighted by atomic mass is 16.6. The fraction of sp³-hybridized carbons (Fsp3) is 0.741. The van der Waals surface area contributed by atoms with Crippen molar-refractivity contribution in [1.82, 2.24) is 0 Å². The molecule has 0 bridgehead atoms. The molecule has 4 aliphatic carbocycles. The second kappa shape index (κ2) is 7.97. The summed E-state index contributed by atoms with van der Waals surface area (Å²) in [5, 5.41) is 20.2. The van der Waals surface area contributed by atoms with Crippen molar-refractivity contribution in [2.75, 3.05) is 0 Å². The number of carbonyl (C=O) groups excluding carboxylic acids is 1. The van der Waals surface area contributed by atoms with Gasteiger partial charge >= 0.3 is 0 Å². The number of aliphatic hydroxyl groups excluding tert-OH is 2. The van der Waals surface area contributed by atoms with Crippen LogP contribution < -0.4 is 0 Å². The predicted octanol–water partition coefficient (Wildman–Crippen LogP) is 4.51. The summed E-state index contributed by atoms with van der Waals surface area (Å²) < 4.78 is 5.79. The third-order valence-electron chi connectivity index (χ3n) is 9.25. The van der Waals surface area contributed by atoms with Gasteiger partial charge in [0.1, 0.15) is 6.10 Å². The smallest absolute Gasteiger partial charge is 0.167 e. The van der Waals surface area contributed by atoms with Gasteiger partial charge in [0, 0.05) is 12.3 Å². The Balaban J connectivity index is 1.31. The summed E-state index contributed by atoms with van der Waals surface area (Å²) in [6.45, 7) is 8.62. The van der Waals surface area contributed by atoms with Crippen molar-refractivity contribution in [3.8, 4) is 0 Å². The Bertz CT molecular complexity index is 821. The minimum absolute atomic E-state index is 0.0740. The SMILES string of the molecule is C=C1C(=CC=C2CCC[C@@]3(C)C2CC[C@@H]3[C@H](C)C(=O)[C@@H]2OC2C2CC2)C[C@@H](O)C[C@@H]1O. The summed E-state index contributed by atoms with van der Waals surface area (Å²) in [5.41, 5.74) is 3.37. The van der Waals surface area contributed by atoms with Crippen LogP contribution in [0.2, 0.25) is 0 Å². The molecule has 1 aliphatic heterocycles. The fourth-order valence-electron chi connectivity index (χ4n) is 7.16. The highest BCUT2D eigenvalue weighted by Crippen LogP contribution is 2.60. The van der Waals surface area contributed by atoms with Gasteiger partial charge in [-0.25, -0.2) is 0 Å². The molecule has 2 unspecified atom stereocenters. The van der Waals surface area contributed by atoms with Crippen LogP contribution in [0.15, 0.2) is 35.5 Å². The molecule has 0 radical (unpaired) electrons. The van der Waals surface area contributed by atoms with E-state index in [9.17, 15) is 15.0 Å². The van der Waals surface area contributed by atoms with Crippen LogP contribution in [0.1, 0.15) is 71.6 Å². The molecule has 31 heavy (non-hydrogen) atoms. The Kier molecular flexibility index (Phi) is 5.55. The molecule has 4 heteroatoms. The molecule has 0 aromatic carbocycles. The first-order valence-corrected chi connectivity index (χ1v) is 12.4. The van der Waals surface area contributed by atoms with Crippen LogP contribution in [-0.2, 0) is 9.53 Å². The molecule has 5 fully saturated rings. The van der Waals surface area contributed by atoms with Crippen LogP contribution >= 0.6 is 0 Å². The van der Waals surface area contributed by atoms with Crippen LogP contribution in [0.3, 0.4) is 0 Å². The monoisotopic (exact) mass is 426 g/mol. The Labute approximate surface area is 186 Å². The third-order valence-corrected chi connectivity index (χ3v) is 9.25. The van der Waals surface area contributed by atoms with Crippen molar-refractivity contribution in [3.05, 3.63) is 35.5 Å². The van der Waals surface area contributed by atoms with Gasteiger partial charge in [0.05, 0.1) is 18.3 Å². The molecule has 5 aliphatic rings. The lowest BCUT2D eigenvalue weighted by atomic mass is 9.60. The molecule has 0 amide bonds. The number of ether oxygens (including phenoxy) is 1. The van der Waals surface area contributed by atoms with E-state index in [1.807, 2.05) is 0 Å². The molecule has 4 saturated carbocycles. The van der Waals surface area contributed by atoms with E-state index in [-0.39, 0.29) is 23.5 Å². The number of ketones is 1. The third kappa shape index (κ3) is 3.89. The Morgan fingerprint density at radius 2 is 2.00 bits per heavy atom. The number of rotatable bonds is 5. The van der Waals surface area contributed by atoms with Gasteiger partial charge in [-0.2, -0.15) is 0 Å². The largest absolute Gasteiger partial charge is 0.393 e. The second-order valence-corrected chi connectivity index (χ2v) is 11.2. The van der Waals surface area contributed by atoms with E-state index in [1.165, 1.54) is 24.8 Å².